The Hall–Kier alpha value is -1.35. The highest BCUT2D eigenvalue weighted by atomic mass is 16.3. The van der Waals surface area contributed by atoms with Crippen molar-refractivity contribution >= 4 is 11.6 Å². The van der Waals surface area contributed by atoms with E-state index in [1.165, 1.54) is 0 Å². The smallest absolute Gasteiger partial charge is 0.234 e. The van der Waals surface area contributed by atoms with E-state index in [-0.39, 0.29) is 5.91 Å². The second-order valence-corrected chi connectivity index (χ2v) is 5.84. The van der Waals surface area contributed by atoms with Crippen LogP contribution in [0.2, 0.25) is 0 Å². The number of benzene rings is 1. The zero-order valence-electron chi connectivity index (χ0n) is 12.2. The zero-order chi connectivity index (χ0) is 14.2. The summed E-state index contributed by atoms with van der Waals surface area (Å²) in [6.45, 7) is 8.00. The lowest BCUT2D eigenvalue weighted by Gasteiger charge is -2.19. The van der Waals surface area contributed by atoms with Gasteiger partial charge in [-0.2, -0.15) is 0 Å². The van der Waals surface area contributed by atoms with Gasteiger partial charge in [-0.3, -0.25) is 4.79 Å². The number of hydrogen-bond acceptors (Lipinski definition) is 2. The molecule has 3 heteroatoms. The van der Waals surface area contributed by atoms with E-state index in [2.05, 4.69) is 19.2 Å². The van der Waals surface area contributed by atoms with E-state index < -0.39 is 11.5 Å². The van der Waals surface area contributed by atoms with Gasteiger partial charge in [0.2, 0.25) is 5.91 Å². The second kappa shape index (κ2) is 4.97. The Bertz CT molecular complexity index is 506. The molecule has 1 unspecified atom stereocenters. The normalized spacial score (nSPS) is 18.1. The maximum absolute atomic E-state index is 12.1. The Balaban J connectivity index is 2.53. The molecule has 2 N–H and O–H groups in total. The van der Waals surface area contributed by atoms with E-state index in [1.54, 1.807) is 0 Å². The second-order valence-electron chi connectivity index (χ2n) is 5.84. The summed E-state index contributed by atoms with van der Waals surface area (Å²) in [5, 5.41) is 13.2. The maximum Gasteiger partial charge on any atom is 0.234 e. The van der Waals surface area contributed by atoms with Crippen LogP contribution < -0.4 is 5.32 Å². The third kappa shape index (κ3) is 2.27. The van der Waals surface area contributed by atoms with Gasteiger partial charge in [-0.05, 0) is 43.4 Å². The van der Waals surface area contributed by atoms with Crippen LogP contribution in [0.1, 0.15) is 63.3 Å². The molecule has 1 aliphatic heterocycles. The molecule has 0 radical (unpaired) electrons. The van der Waals surface area contributed by atoms with Crippen LogP contribution >= 0.6 is 0 Å². The lowest BCUT2D eigenvalue weighted by Crippen LogP contribution is -2.26. The summed E-state index contributed by atoms with van der Waals surface area (Å²) in [6.07, 6.45) is 2.11. The summed E-state index contributed by atoms with van der Waals surface area (Å²) in [6, 6.07) is 4.02. The fourth-order valence-corrected chi connectivity index (χ4v) is 2.67. The fraction of sp³-hybridized carbons (Fsp3) is 0.562. The van der Waals surface area contributed by atoms with Crippen molar-refractivity contribution in [3.63, 3.8) is 0 Å². The maximum atomic E-state index is 12.1. The van der Waals surface area contributed by atoms with Crippen LogP contribution in [-0.4, -0.2) is 11.0 Å². The van der Waals surface area contributed by atoms with Crippen LogP contribution in [0.25, 0.3) is 0 Å². The van der Waals surface area contributed by atoms with Gasteiger partial charge in [-0.25, -0.2) is 0 Å². The van der Waals surface area contributed by atoms with E-state index in [1.807, 2.05) is 26.0 Å². The Morgan fingerprint density at radius 1 is 1.32 bits per heavy atom. The SMILES string of the molecule is CCCC(O)c1cc(CC)c2c(c1)C(C)(C)C(=O)N2. The van der Waals surface area contributed by atoms with Crippen molar-refractivity contribution < 1.29 is 9.90 Å². The molecule has 0 fully saturated rings. The minimum atomic E-state index is -0.513. The molecule has 2 rings (SSSR count). The minimum absolute atomic E-state index is 0.0410. The largest absolute Gasteiger partial charge is 0.388 e. The summed E-state index contributed by atoms with van der Waals surface area (Å²) in [7, 11) is 0. The quantitative estimate of drug-likeness (QED) is 0.873. The Labute approximate surface area is 115 Å². The van der Waals surface area contributed by atoms with Gasteiger partial charge in [0.05, 0.1) is 11.5 Å². The van der Waals surface area contributed by atoms with E-state index in [4.69, 9.17) is 0 Å². The van der Waals surface area contributed by atoms with E-state index in [0.29, 0.717) is 0 Å². The molecular weight excluding hydrogens is 238 g/mol. The number of anilines is 1. The minimum Gasteiger partial charge on any atom is -0.388 e. The van der Waals surface area contributed by atoms with Gasteiger partial charge in [-0.1, -0.05) is 32.4 Å². The number of aliphatic hydroxyl groups is 1. The van der Waals surface area contributed by atoms with Gasteiger partial charge in [0.25, 0.3) is 0 Å². The fourth-order valence-electron chi connectivity index (χ4n) is 2.67. The van der Waals surface area contributed by atoms with Gasteiger partial charge in [0.1, 0.15) is 0 Å². The number of rotatable bonds is 4. The van der Waals surface area contributed by atoms with Crippen LogP contribution in [0, 0.1) is 0 Å². The molecule has 1 aliphatic rings. The van der Waals surface area contributed by atoms with Crippen molar-refractivity contribution in [1.82, 2.24) is 0 Å². The highest BCUT2D eigenvalue weighted by molar-refractivity contribution is 6.06. The number of carbonyl (C=O) groups is 1. The number of fused-ring (bicyclic) bond motifs is 1. The molecule has 1 heterocycles. The van der Waals surface area contributed by atoms with Gasteiger partial charge < -0.3 is 10.4 Å². The van der Waals surface area contributed by atoms with Gasteiger partial charge in [0.15, 0.2) is 0 Å². The first-order valence-electron chi connectivity index (χ1n) is 7.08. The van der Waals surface area contributed by atoms with Crippen molar-refractivity contribution in [2.75, 3.05) is 5.32 Å². The first-order chi connectivity index (χ1) is 8.91. The predicted octanol–water partition coefficient (Wildman–Crippen LogP) is 3.31. The highest BCUT2D eigenvalue weighted by Crippen LogP contribution is 2.41. The molecule has 0 saturated heterocycles. The summed E-state index contributed by atoms with van der Waals surface area (Å²) >= 11 is 0. The molecule has 0 aromatic heterocycles. The number of amides is 1. The molecule has 19 heavy (non-hydrogen) atoms. The molecule has 1 aromatic rings. The molecule has 0 aliphatic carbocycles. The number of carbonyl (C=O) groups excluding carboxylic acids is 1. The first kappa shape index (κ1) is 14.1. The molecular formula is C16H23NO2. The summed E-state index contributed by atoms with van der Waals surface area (Å²) < 4.78 is 0. The monoisotopic (exact) mass is 261 g/mol. The lowest BCUT2D eigenvalue weighted by atomic mass is 9.83. The highest BCUT2D eigenvalue weighted by Gasteiger charge is 2.39. The Kier molecular flexibility index (Phi) is 3.68. The van der Waals surface area contributed by atoms with Gasteiger partial charge in [-0.15, -0.1) is 0 Å². The molecule has 0 bridgehead atoms. The third-order valence-corrected chi connectivity index (χ3v) is 4.05. The molecule has 104 valence electrons. The van der Waals surface area contributed by atoms with E-state index in [0.717, 1.165) is 41.6 Å². The number of hydrogen-bond donors (Lipinski definition) is 2. The zero-order valence-corrected chi connectivity index (χ0v) is 12.2. The third-order valence-electron chi connectivity index (χ3n) is 4.05. The van der Waals surface area contributed by atoms with Crippen LogP contribution in [0.5, 0.6) is 0 Å². The summed E-state index contributed by atoms with van der Waals surface area (Å²) in [4.78, 5) is 12.1. The average Bonchev–Trinajstić information content (AvgIpc) is 2.60. The number of aliphatic hydroxyl groups excluding tert-OH is 1. The van der Waals surface area contributed by atoms with Crippen molar-refractivity contribution in [2.24, 2.45) is 0 Å². The molecule has 1 aromatic carbocycles. The van der Waals surface area contributed by atoms with Crippen molar-refractivity contribution in [2.45, 2.75) is 58.5 Å². The van der Waals surface area contributed by atoms with Crippen molar-refractivity contribution in [3.8, 4) is 0 Å². The van der Waals surface area contributed by atoms with Crippen LogP contribution in [0.3, 0.4) is 0 Å². The summed E-state index contributed by atoms with van der Waals surface area (Å²) in [5.74, 6) is 0.0410. The van der Waals surface area contributed by atoms with Crippen molar-refractivity contribution in [3.05, 3.63) is 28.8 Å². The lowest BCUT2D eigenvalue weighted by molar-refractivity contribution is -0.119. The molecule has 0 spiro atoms. The van der Waals surface area contributed by atoms with Crippen LogP contribution in [-0.2, 0) is 16.6 Å². The predicted molar refractivity (Wildman–Crippen MR) is 77.3 cm³/mol. The van der Waals surface area contributed by atoms with Crippen LogP contribution in [0.15, 0.2) is 12.1 Å². The standard InChI is InChI=1S/C16H23NO2/c1-5-7-13(18)11-8-10(6-2)14-12(9-11)16(3,4)15(19)17-14/h8-9,13,18H,5-7H2,1-4H3,(H,17,19). The average molecular weight is 261 g/mol. The van der Waals surface area contributed by atoms with Crippen LogP contribution in [0.4, 0.5) is 5.69 Å². The Morgan fingerprint density at radius 3 is 2.58 bits per heavy atom. The van der Waals surface area contributed by atoms with E-state index >= 15 is 0 Å². The topological polar surface area (TPSA) is 49.3 Å². The number of nitrogens with one attached hydrogen (secondary N) is 1. The first-order valence-corrected chi connectivity index (χ1v) is 7.08. The van der Waals surface area contributed by atoms with Gasteiger partial charge >= 0.3 is 0 Å². The van der Waals surface area contributed by atoms with Crippen molar-refractivity contribution in [1.29, 1.82) is 0 Å². The molecule has 0 saturated carbocycles. The number of aryl methyl sites for hydroxylation is 1. The Morgan fingerprint density at radius 2 is 2.00 bits per heavy atom. The molecule has 1 amide bonds. The van der Waals surface area contributed by atoms with E-state index in [9.17, 15) is 9.90 Å². The van der Waals surface area contributed by atoms with Gasteiger partial charge in [0, 0.05) is 5.69 Å². The molecule has 1 atom stereocenters. The molecule has 3 nitrogen and oxygen atoms in total. The summed E-state index contributed by atoms with van der Waals surface area (Å²) in [5.41, 5.74) is 3.50.